The molecule has 2 amide bonds. The number of hydrogen-bond donors (Lipinski definition) is 1. The van der Waals surface area contributed by atoms with Crippen LogP contribution in [0.4, 0.5) is 14.9 Å². The number of halogens is 1. The van der Waals surface area contributed by atoms with Crippen LogP contribution in [0.5, 0.6) is 0 Å². The van der Waals surface area contributed by atoms with Crippen molar-refractivity contribution >= 4 is 23.7 Å². The predicted molar refractivity (Wildman–Crippen MR) is 110 cm³/mol. The number of carbonyl (C=O) groups excluding carboxylic acids is 3. The standard InChI is InChI=1S/C21H30FN3O5/c1-20(2,3)30-19(28)25-11-9-24(10-12-25)17(26)15-8-7-14(13-16(15)22)23-21(4,5)18(27)29-6/h7-8,13,23H,9-12H2,1-6H3. The maximum absolute atomic E-state index is 14.6. The van der Waals surface area contributed by atoms with Gasteiger partial charge in [0.15, 0.2) is 0 Å². The van der Waals surface area contributed by atoms with E-state index in [-0.39, 0.29) is 18.7 Å². The minimum absolute atomic E-state index is 0.0675. The van der Waals surface area contributed by atoms with E-state index in [1.165, 1.54) is 35.1 Å². The zero-order chi connectivity index (χ0) is 22.7. The lowest BCUT2D eigenvalue weighted by Crippen LogP contribution is -2.51. The van der Waals surface area contributed by atoms with Crippen LogP contribution >= 0.6 is 0 Å². The van der Waals surface area contributed by atoms with Gasteiger partial charge in [-0.15, -0.1) is 0 Å². The third kappa shape index (κ3) is 5.84. The second kappa shape index (κ2) is 8.89. The summed E-state index contributed by atoms with van der Waals surface area (Å²) in [6, 6.07) is 4.10. The monoisotopic (exact) mass is 423 g/mol. The summed E-state index contributed by atoms with van der Waals surface area (Å²) in [5.41, 5.74) is -1.35. The lowest BCUT2D eigenvalue weighted by Gasteiger charge is -2.35. The van der Waals surface area contributed by atoms with E-state index in [1.54, 1.807) is 34.6 Å². The van der Waals surface area contributed by atoms with E-state index in [0.29, 0.717) is 18.8 Å². The molecule has 166 valence electrons. The molecule has 0 aliphatic carbocycles. The number of anilines is 1. The van der Waals surface area contributed by atoms with Crippen LogP contribution in [0.3, 0.4) is 0 Å². The number of benzene rings is 1. The van der Waals surface area contributed by atoms with E-state index >= 15 is 0 Å². The number of nitrogens with zero attached hydrogens (tertiary/aromatic N) is 2. The third-order valence-corrected chi connectivity index (χ3v) is 4.57. The lowest BCUT2D eigenvalue weighted by atomic mass is 10.0. The molecular weight excluding hydrogens is 393 g/mol. The van der Waals surface area contributed by atoms with Crippen molar-refractivity contribution in [2.75, 3.05) is 38.6 Å². The van der Waals surface area contributed by atoms with E-state index in [0.717, 1.165) is 0 Å². The zero-order valence-electron chi connectivity index (χ0n) is 18.4. The summed E-state index contributed by atoms with van der Waals surface area (Å²) < 4.78 is 24.7. The second-order valence-electron chi connectivity index (χ2n) is 8.70. The Labute approximate surface area is 176 Å². The largest absolute Gasteiger partial charge is 0.467 e. The molecule has 0 atom stereocenters. The number of amides is 2. The Hall–Kier alpha value is -2.84. The van der Waals surface area contributed by atoms with Gasteiger partial charge in [-0.25, -0.2) is 14.0 Å². The van der Waals surface area contributed by atoms with Crippen molar-refractivity contribution in [1.29, 1.82) is 0 Å². The maximum atomic E-state index is 14.6. The van der Waals surface area contributed by atoms with Crippen LogP contribution in [0.1, 0.15) is 45.0 Å². The van der Waals surface area contributed by atoms with Gasteiger partial charge in [0, 0.05) is 31.9 Å². The molecule has 0 aromatic heterocycles. The average Bonchev–Trinajstić information content (AvgIpc) is 2.65. The van der Waals surface area contributed by atoms with Gasteiger partial charge in [0.2, 0.25) is 0 Å². The van der Waals surface area contributed by atoms with Gasteiger partial charge >= 0.3 is 12.1 Å². The molecule has 1 N–H and O–H groups in total. The highest BCUT2D eigenvalue weighted by Crippen LogP contribution is 2.21. The molecule has 1 aliphatic heterocycles. The second-order valence-corrected chi connectivity index (χ2v) is 8.70. The summed E-state index contributed by atoms with van der Waals surface area (Å²) in [7, 11) is 1.27. The van der Waals surface area contributed by atoms with Crippen LogP contribution < -0.4 is 5.32 Å². The van der Waals surface area contributed by atoms with E-state index in [9.17, 15) is 18.8 Å². The molecule has 1 fully saturated rings. The van der Waals surface area contributed by atoms with Crippen LogP contribution in [0, 0.1) is 5.82 Å². The van der Waals surface area contributed by atoms with Gasteiger partial charge in [-0.05, 0) is 52.8 Å². The summed E-state index contributed by atoms with van der Waals surface area (Å²) >= 11 is 0. The summed E-state index contributed by atoms with van der Waals surface area (Å²) in [5.74, 6) is -1.64. The normalized spacial score (nSPS) is 14.9. The molecule has 0 unspecified atom stereocenters. The molecule has 8 nitrogen and oxygen atoms in total. The van der Waals surface area contributed by atoms with Crippen molar-refractivity contribution in [2.45, 2.75) is 45.8 Å². The fraction of sp³-hybridized carbons (Fsp3) is 0.571. The highest BCUT2D eigenvalue weighted by Gasteiger charge is 2.30. The molecule has 1 saturated heterocycles. The van der Waals surface area contributed by atoms with E-state index in [2.05, 4.69) is 5.32 Å². The predicted octanol–water partition coefficient (Wildman–Crippen LogP) is 2.88. The van der Waals surface area contributed by atoms with Gasteiger partial charge in [0.1, 0.15) is 17.0 Å². The Balaban J connectivity index is 2.01. The van der Waals surface area contributed by atoms with E-state index in [1.807, 2.05) is 0 Å². The van der Waals surface area contributed by atoms with Crippen molar-refractivity contribution in [1.82, 2.24) is 9.80 Å². The summed E-state index contributed by atoms with van der Waals surface area (Å²) in [6.07, 6.45) is -0.426. The topological polar surface area (TPSA) is 88.2 Å². The highest BCUT2D eigenvalue weighted by atomic mass is 19.1. The minimum Gasteiger partial charge on any atom is -0.467 e. The van der Waals surface area contributed by atoms with Crippen LogP contribution in [0.25, 0.3) is 0 Å². The lowest BCUT2D eigenvalue weighted by molar-refractivity contribution is -0.144. The zero-order valence-corrected chi connectivity index (χ0v) is 18.4. The van der Waals surface area contributed by atoms with Crippen molar-refractivity contribution in [3.8, 4) is 0 Å². The van der Waals surface area contributed by atoms with Crippen LogP contribution in [-0.2, 0) is 14.3 Å². The first kappa shape index (κ1) is 23.4. The molecule has 0 spiro atoms. The number of nitrogens with one attached hydrogen (secondary N) is 1. The Bertz CT molecular complexity index is 811. The first-order valence-corrected chi connectivity index (χ1v) is 9.77. The maximum Gasteiger partial charge on any atom is 0.410 e. The first-order chi connectivity index (χ1) is 13.8. The highest BCUT2D eigenvalue weighted by molar-refractivity contribution is 5.95. The summed E-state index contributed by atoms with van der Waals surface area (Å²) in [4.78, 5) is 39.7. The Kier molecular flexibility index (Phi) is 6.95. The van der Waals surface area contributed by atoms with Crippen LogP contribution in [0.2, 0.25) is 0 Å². The molecule has 1 heterocycles. The van der Waals surface area contributed by atoms with E-state index in [4.69, 9.17) is 9.47 Å². The van der Waals surface area contributed by atoms with Gasteiger partial charge in [-0.1, -0.05) is 0 Å². The van der Waals surface area contributed by atoms with Gasteiger partial charge in [0.25, 0.3) is 5.91 Å². The fourth-order valence-corrected chi connectivity index (χ4v) is 3.02. The van der Waals surface area contributed by atoms with Gasteiger partial charge in [-0.2, -0.15) is 0 Å². The quantitative estimate of drug-likeness (QED) is 0.750. The summed E-state index contributed by atoms with van der Waals surface area (Å²) in [5, 5.41) is 2.89. The van der Waals surface area contributed by atoms with Gasteiger partial charge < -0.3 is 24.6 Å². The Morgan fingerprint density at radius 3 is 2.07 bits per heavy atom. The van der Waals surface area contributed by atoms with Crippen molar-refractivity contribution in [2.24, 2.45) is 0 Å². The molecule has 1 aromatic rings. The van der Waals surface area contributed by atoms with Gasteiger partial charge in [0.05, 0.1) is 12.7 Å². The number of esters is 1. The number of hydrogen-bond acceptors (Lipinski definition) is 6. The molecule has 0 radical (unpaired) electrons. The van der Waals surface area contributed by atoms with Gasteiger partial charge in [-0.3, -0.25) is 4.79 Å². The SMILES string of the molecule is COC(=O)C(C)(C)Nc1ccc(C(=O)N2CCN(C(=O)OC(C)(C)C)CC2)c(F)c1. The Morgan fingerprint density at radius 1 is 1.00 bits per heavy atom. The van der Waals surface area contributed by atoms with Crippen molar-refractivity contribution < 1.29 is 28.2 Å². The molecule has 30 heavy (non-hydrogen) atoms. The number of ether oxygens (including phenoxy) is 2. The van der Waals surface area contributed by atoms with Crippen LogP contribution in [-0.4, -0.2) is 72.2 Å². The smallest absolute Gasteiger partial charge is 0.410 e. The average molecular weight is 423 g/mol. The third-order valence-electron chi connectivity index (χ3n) is 4.57. The summed E-state index contributed by atoms with van der Waals surface area (Å²) in [6.45, 7) is 9.79. The number of piperazine rings is 1. The number of carbonyl (C=O) groups is 3. The molecule has 1 aliphatic rings. The minimum atomic E-state index is -1.05. The molecule has 0 saturated carbocycles. The van der Waals surface area contributed by atoms with Crippen molar-refractivity contribution in [3.05, 3.63) is 29.6 Å². The molecule has 9 heteroatoms. The molecule has 1 aromatic carbocycles. The number of rotatable bonds is 4. The fourth-order valence-electron chi connectivity index (χ4n) is 3.02. The molecule has 0 bridgehead atoms. The van der Waals surface area contributed by atoms with Crippen molar-refractivity contribution in [3.63, 3.8) is 0 Å². The Morgan fingerprint density at radius 2 is 1.57 bits per heavy atom. The molecular formula is C21H30FN3O5. The van der Waals surface area contributed by atoms with E-state index < -0.39 is 34.9 Å². The number of methoxy groups -OCH3 is 1. The molecule has 2 rings (SSSR count). The first-order valence-electron chi connectivity index (χ1n) is 9.77. The van der Waals surface area contributed by atoms with Crippen LogP contribution in [0.15, 0.2) is 18.2 Å².